The van der Waals surface area contributed by atoms with Gasteiger partial charge in [-0.2, -0.15) is 0 Å². The summed E-state index contributed by atoms with van der Waals surface area (Å²) in [6, 6.07) is 51.4. The molecule has 7 aromatic rings. The van der Waals surface area contributed by atoms with E-state index in [4.69, 9.17) is 4.42 Å². The fourth-order valence-corrected chi connectivity index (χ4v) is 5.13. The van der Waals surface area contributed by atoms with Gasteiger partial charge in [-0.25, -0.2) is 0 Å². The Balaban J connectivity index is 1.14. The summed E-state index contributed by atoms with van der Waals surface area (Å²) in [4.78, 5) is 0. The van der Waals surface area contributed by atoms with Crippen LogP contribution in [-0.2, 0) is 0 Å². The van der Waals surface area contributed by atoms with E-state index in [1.165, 1.54) is 43.8 Å². The molecule has 0 aliphatic carbocycles. The van der Waals surface area contributed by atoms with Gasteiger partial charge in [0, 0.05) is 11.1 Å². The third-order valence-corrected chi connectivity index (χ3v) is 7.13. The van der Waals surface area contributed by atoms with Gasteiger partial charge >= 0.3 is 0 Å². The molecule has 0 unspecified atom stereocenters. The molecule has 1 heterocycles. The quantitative estimate of drug-likeness (QED) is 0.232. The first-order valence-electron chi connectivity index (χ1n) is 12.6. The average Bonchev–Trinajstić information content (AvgIpc) is 3.48. The zero-order valence-electron chi connectivity index (χ0n) is 20.3. The van der Waals surface area contributed by atoms with Gasteiger partial charge in [0.25, 0.3) is 0 Å². The Morgan fingerprint density at radius 1 is 0.297 bits per heavy atom. The molecule has 6 aromatic carbocycles. The Hall–Kier alpha value is -4.88. The highest BCUT2D eigenvalue weighted by Gasteiger charge is 2.09. The predicted octanol–water partition coefficient (Wildman–Crippen LogP) is 10.3. The Morgan fingerprint density at radius 2 is 0.784 bits per heavy atom. The van der Waals surface area contributed by atoms with Crippen LogP contribution in [0.3, 0.4) is 0 Å². The van der Waals surface area contributed by atoms with E-state index in [0.29, 0.717) is 0 Å². The fraction of sp³-hybridized carbons (Fsp3) is 0. The third kappa shape index (κ3) is 4.01. The van der Waals surface area contributed by atoms with E-state index in [0.717, 1.165) is 22.6 Å². The van der Waals surface area contributed by atoms with Gasteiger partial charge in [-0.1, -0.05) is 127 Å². The number of hydrogen-bond acceptors (Lipinski definition) is 1. The summed E-state index contributed by atoms with van der Waals surface area (Å²) in [5.74, 6) is 1.75. The van der Waals surface area contributed by atoms with Crippen LogP contribution in [0, 0.1) is 0 Å². The van der Waals surface area contributed by atoms with Gasteiger partial charge in [0.1, 0.15) is 11.5 Å². The summed E-state index contributed by atoms with van der Waals surface area (Å²) in [5, 5.41) is 5.12. The van der Waals surface area contributed by atoms with Crippen molar-refractivity contribution in [3.05, 3.63) is 146 Å². The second kappa shape index (κ2) is 8.96. The molecule has 0 aliphatic heterocycles. The van der Waals surface area contributed by atoms with Crippen molar-refractivity contribution < 1.29 is 4.42 Å². The highest BCUT2D eigenvalue weighted by atomic mass is 16.3. The molecule has 0 saturated heterocycles. The van der Waals surface area contributed by atoms with E-state index in [2.05, 4.69) is 140 Å². The largest absolute Gasteiger partial charge is 0.456 e. The van der Waals surface area contributed by atoms with Crippen molar-refractivity contribution in [2.75, 3.05) is 0 Å². The van der Waals surface area contributed by atoms with E-state index >= 15 is 0 Å². The van der Waals surface area contributed by atoms with Gasteiger partial charge < -0.3 is 4.42 Å². The monoisotopic (exact) mass is 472 g/mol. The second-order valence-corrected chi connectivity index (χ2v) is 9.41. The topological polar surface area (TPSA) is 13.1 Å². The highest BCUT2D eigenvalue weighted by molar-refractivity contribution is 6.08. The molecule has 0 radical (unpaired) electrons. The molecule has 37 heavy (non-hydrogen) atoms. The molecule has 0 atom stereocenters. The minimum atomic E-state index is 0.874. The Bertz CT molecular complexity index is 1840. The van der Waals surface area contributed by atoms with Crippen LogP contribution in [0.1, 0.15) is 0 Å². The number of fused-ring (bicyclic) bond motifs is 3. The van der Waals surface area contributed by atoms with Crippen LogP contribution in [0.2, 0.25) is 0 Å². The summed E-state index contributed by atoms with van der Waals surface area (Å²) >= 11 is 0. The lowest BCUT2D eigenvalue weighted by molar-refractivity contribution is 0.597. The van der Waals surface area contributed by atoms with Crippen LogP contribution in [0.4, 0.5) is 0 Å². The van der Waals surface area contributed by atoms with Gasteiger partial charge in [-0.15, -0.1) is 0 Å². The summed E-state index contributed by atoms with van der Waals surface area (Å²) in [6.45, 7) is 0. The van der Waals surface area contributed by atoms with Crippen molar-refractivity contribution in [2.45, 2.75) is 0 Å². The van der Waals surface area contributed by atoms with Crippen LogP contribution < -0.4 is 0 Å². The first kappa shape index (κ1) is 21.4. The van der Waals surface area contributed by atoms with Crippen molar-refractivity contribution in [1.82, 2.24) is 0 Å². The molecule has 0 fully saturated rings. The SMILES string of the molecule is c1ccc(-c2ccc(-c3ccc(-c4ccc(-c5ccc6c(ccc7ccccc76)c5)cc4)o3)cc2)cc1. The highest BCUT2D eigenvalue weighted by Crippen LogP contribution is 2.33. The standard InChI is InChI=1S/C36H24O/c1-2-6-25(7-3-1)26-10-15-29(16-11-26)35-22-23-36(37-35)30-17-12-27(13-18-30)31-20-21-34-32(24-31)19-14-28-8-4-5-9-33(28)34/h1-24H. The van der Waals surface area contributed by atoms with Crippen molar-refractivity contribution in [1.29, 1.82) is 0 Å². The maximum absolute atomic E-state index is 6.25. The minimum absolute atomic E-state index is 0.874. The van der Waals surface area contributed by atoms with Crippen LogP contribution in [0.5, 0.6) is 0 Å². The van der Waals surface area contributed by atoms with Crippen LogP contribution in [0.15, 0.2) is 150 Å². The molecule has 174 valence electrons. The van der Waals surface area contributed by atoms with Gasteiger partial charge in [0.05, 0.1) is 0 Å². The number of rotatable bonds is 4. The van der Waals surface area contributed by atoms with E-state index in [1.54, 1.807) is 0 Å². The Labute approximate surface area is 216 Å². The summed E-state index contributed by atoms with van der Waals surface area (Å²) < 4.78 is 6.25. The lowest BCUT2D eigenvalue weighted by Gasteiger charge is -2.08. The van der Waals surface area contributed by atoms with Crippen LogP contribution >= 0.6 is 0 Å². The van der Waals surface area contributed by atoms with E-state index in [9.17, 15) is 0 Å². The maximum atomic E-state index is 6.25. The van der Waals surface area contributed by atoms with Crippen LogP contribution in [-0.4, -0.2) is 0 Å². The summed E-state index contributed by atoms with van der Waals surface area (Å²) in [7, 11) is 0. The minimum Gasteiger partial charge on any atom is -0.456 e. The zero-order chi connectivity index (χ0) is 24.6. The molecule has 0 amide bonds. The normalized spacial score (nSPS) is 11.2. The van der Waals surface area contributed by atoms with E-state index in [-0.39, 0.29) is 0 Å². The lowest BCUT2D eigenvalue weighted by Crippen LogP contribution is -1.82. The predicted molar refractivity (Wildman–Crippen MR) is 155 cm³/mol. The second-order valence-electron chi connectivity index (χ2n) is 9.41. The smallest absolute Gasteiger partial charge is 0.134 e. The number of furan rings is 1. The Morgan fingerprint density at radius 3 is 1.49 bits per heavy atom. The first-order chi connectivity index (χ1) is 18.3. The average molecular weight is 473 g/mol. The first-order valence-corrected chi connectivity index (χ1v) is 12.6. The molecular formula is C36H24O. The van der Waals surface area contributed by atoms with Crippen molar-refractivity contribution in [2.24, 2.45) is 0 Å². The lowest BCUT2D eigenvalue weighted by atomic mass is 9.97. The third-order valence-electron chi connectivity index (χ3n) is 7.13. The van der Waals surface area contributed by atoms with Crippen molar-refractivity contribution >= 4 is 21.5 Å². The molecule has 0 saturated carbocycles. The maximum Gasteiger partial charge on any atom is 0.134 e. The molecule has 0 spiro atoms. The molecule has 0 aliphatic rings. The molecular weight excluding hydrogens is 448 g/mol. The molecule has 0 bridgehead atoms. The van der Waals surface area contributed by atoms with Gasteiger partial charge in [-0.3, -0.25) is 0 Å². The van der Waals surface area contributed by atoms with Crippen molar-refractivity contribution in [3.8, 4) is 44.9 Å². The van der Waals surface area contributed by atoms with E-state index in [1.807, 2.05) is 6.07 Å². The van der Waals surface area contributed by atoms with Gasteiger partial charge in [0.2, 0.25) is 0 Å². The number of benzene rings is 6. The van der Waals surface area contributed by atoms with Crippen molar-refractivity contribution in [3.63, 3.8) is 0 Å². The molecule has 1 nitrogen and oxygen atoms in total. The van der Waals surface area contributed by atoms with Gasteiger partial charge in [-0.05, 0) is 62.0 Å². The molecule has 7 rings (SSSR count). The summed E-state index contributed by atoms with van der Waals surface area (Å²) in [6.07, 6.45) is 0. The zero-order valence-corrected chi connectivity index (χ0v) is 20.3. The number of hydrogen-bond donors (Lipinski definition) is 0. The van der Waals surface area contributed by atoms with Crippen LogP contribution in [0.25, 0.3) is 66.4 Å². The fourth-order valence-electron chi connectivity index (χ4n) is 5.13. The molecule has 1 heteroatoms. The van der Waals surface area contributed by atoms with Gasteiger partial charge in [0.15, 0.2) is 0 Å². The molecule has 1 aromatic heterocycles. The van der Waals surface area contributed by atoms with E-state index < -0.39 is 0 Å². The molecule has 0 N–H and O–H groups in total. The summed E-state index contributed by atoms with van der Waals surface area (Å²) in [5.41, 5.74) is 6.98. The Kier molecular flexibility index (Phi) is 5.19.